The van der Waals surface area contributed by atoms with Crippen molar-refractivity contribution in [3.8, 4) is 0 Å². The van der Waals surface area contributed by atoms with Crippen LogP contribution >= 0.6 is 0 Å². The highest BCUT2D eigenvalue weighted by atomic mass is 16.4. The van der Waals surface area contributed by atoms with Gasteiger partial charge in [0.2, 0.25) is 0 Å². The fourth-order valence-corrected chi connectivity index (χ4v) is 3.36. The summed E-state index contributed by atoms with van der Waals surface area (Å²) in [5.41, 5.74) is 4.83. The number of hydrogen-bond donors (Lipinski definition) is 1. The molecular formula is C21H25N3O2. The maximum absolute atomic E-state index is 11.1. The Morgan fingerprint density at radius 2 is 1.92 bits per heavy atom. The first kappa shape index (κ1) is 18.1. The van der Waals surface area contributed by atoms with Crippen LogP contribution in [-0.2, 0) is 6.54 Å². The van der Waals surface area contributed by atoms with Gasteiger partial charge in [-0.05, 0) is 19.4 Å². The number of hydrazone groups is 1. The van der Waals surface area contributed by atoms with Crippen molar-refractivity contribution in [3.05, 3.63) is 70.3 Å². The van der Waals surface area contributed by atoms with E-state index < -0.39 is 5.97 Å². The van der Waals surface area contributed by atoms with E-state index in [9.17, 15) is 9.90 Å². The van der Waals surface area contributed by atoms with Crippen LogP contribution in [0.4, 0.5) is 0 Å². The van der Waals surface area contributed by atoms with Crippen LogP contribution in [0.15, 0.2) is 47.6 Å². The number of carbonyl (C=O) groups is 1. The maximum atomic E-state index is 11.1. The van der Waals surface area contributed by atoms with E-state index in [0.29, 0.717) is 5.56 Å². The quantitative estimate of drug-likeness (QED) is 0.794. The van der Waals surface area contributed by atoms with Crippen LogP contribution in [0.25, 0.3) is 0 Å². The first-order valence-electron chi connectivity index (χ1n) is 9.02. The van der Waals surface area contributed by atoms with Crippen LogP contribution in [0, 0.1) is 13.8 Å². The zero-order valence-electron chi connectivity index (χ0n) is 15.4. The van der Waals surface area contributed by atoms with Gasteiger partial charge in [-0.25, -0.2) is 0 Å². The highest BCUT2D eigenvalue weighted by molar-refractivity contribution is 5.97. The van der Waals surface area contributed by atoms with Gasteiger partial charge in [0.15, 0.2) is 0 Å². The lowest BCUT2D eigenvalue weighted by Crippen LogP contribution is -3.13. The largest absolute Gasteiger partial charge is 0.545 e. The summed E-state index contributed by atoms with van der Waals surface area (Å²) in [6, 6.07) is 13.4. The van der Waals surface area contributed by atoms with Gasteiger partial charge in [0.25, 0.3) is 0 Å². The molecule has 1 heterocycles. The van der Waals surface area contributed by atoms with Crippen LogP contribution in [-0.4, -0.2) is 43.4 Å². The lowest BCUT2D eigenvalue weighted by Gasteiger charge is -2.30. The number of aryl methyl sites for hydroxylation is 2. The molecule has 1 aliphatic rings. The fraction of sp³-hybridized carbons (Fsp3) is 0.333. The Hall–Kier alpha value is -2.66. The van der Waals surface area contributed by atoms with Crippen molar-refractivity contribution in [1.29, 1.82) is 0 Å². The standard InChI is InChI=1S/C21H25N3O2/c1-16-7-8-19(17(2)13-16)15-23-9-11-24(12-10-23)22-14-18-5-3-4-6-20(18)21(25)26/h3-8,13-14H,9-12,15H2,1-2H3,(H,25,26)/b22-14+. The van der Waals surface area contributed by atoms with Crippen LogP contribution < -0.4 is 10.0 Å². The predicted molar refractivity (Wildman–Crippen MR) is 100 cm³/mol. The normalized spacial score (nSPS) is 15.5. The van der Waals surface area contributed by atoms with Crippen LogP contribution in [0.5, 0.6) is 0 Å². The zero-order valence-corrected chi connectivity index (χ0v) is 15.4. The van der Waals surface area contributed by atoms with Crippen molar-refractivity contribution in [3.63, 3.8) is 0 Å². The molecule has 26 heavy (non-hydrogen) atoms. The van der Waals surface area contributed by atoms with Gasteiger partial charge in [0.1, 0.15) is 6.54 Å². The zero-order chi connectivity index (χ0) is 18.5. The Bertz CT molecular complexity index is 809. The summed E-state index contributed by atoms with van der Waals surface area (Å²) in [5.74, 6) is -1.17. The van der Waals surface area contributed by atoms with Gasteiger partial charge in [-0.3, -0.25) is 5.01 Å². The lowest BCUT2D eigenvalue weighted by atomic mass is 10.1. The number of carbonyl (C=O) groups excluding carboxylic acids is 1. The molecule has 0 atom stereocenters. The van der Waals surface area contributed by atoms with Crippen molar-refractivity contribution in [1.82, 2.24) is 5.01 Å². The highest BCUT2D eigenvalue weighted by Crippen LogP contribution is 2.09. The number of carboxylic acid groups (broad SMARTS) is 1. The predicted octanol–water partition coefficient (Wildman–Crippen LogP) is 0.402. The smallest absolute Gasteiger partial charge is 0.103 e. The monoisotopic (exact) mass is 351 g/mol. The molecule has 0 spiro atoms. The van der Waals surface area contributed by atoms with Gasteiger partial charge < -0.3 is 14.8 Å². The number of carboxylic acids is 1. The Morgan fingerprint density at radius 1 is 1.19 bits per heavy atom. The minimum absolute atomic E-state index is 0.176. The number of hydrogen-bond acceptors (Lipinski definition) is 4. The third-order valence-corrected chi connectivity index (χ3v) is 4.93. The Labute approximate surface area is 154 Å². The summed E-state index contributed by atoms with van der Waals surface area (Å²) < 4.78 is 0. The summed E-state index contributed by atoms with van der Waals surface area (Å²) >= 11 is 0. The van der Waals surface area contributed by atoms with Gasteiger partial charge in [-0.15, -0.1) is 0 Å². The van der Waals surface area contributed by atoms with E-state index in [1.54, 1.807) is 35.4 Å². The molecular weight excluding hydrogens is 326 g/mol. The Kier molecular flexibility index (Phi) is 5.68. The van der Waals surface area contributed by atoms with E-state index in [1.807, 2.05) is 5.01 Å². The molecule has 136 valence electrons. The highest BCUT2D eigenvalue weighted by Gasteiger charge is 2.19. The topological polar surface area (TPSA) is 60.2 Å². The second-order valence-electron chi connectivity index (χ2n) is 6.93. The van der Waals surface area contributed by atoms with Crippen molar-refractivity contribution in [2.45, 2.75) is 20.4 Å². The molecule has 2 aromatic rings. The molecule has 1 N–H and O–H groups in total. The average Bonchev–Trinajstić information content (AvgIpc) is 2.63. The molecule has 2 aromatic carbocycles. The number of nitrogens with one attached hydrogen (secondary N) is 1. The minimum Gasteiger partial charge on any atom is -0.545 e. The molecule has 1 aliphatic heterocycles. The molecule has 5 nitrogen and oxygen atoms in total. The molecule has 0 aromatic heterocycles. The number of aromatic carboxylic acids is 1. The molecule has 0 bridgehead atoms. The van der Waals surface area contributed by atoms with E-state index in [-0.39, 0.29) is 5.56 Å². The second kappa shape index (κ2) is 8.15. The van der Waals surface area contributed by atoms with Gasteiger partial charge in [-0.1, -0.05) is 48.0 Å². The number of nitrogens with zero attached hydrogens (tertiary/aromatic N) is 2. The number of benzene rings is 2. The molecule has 5 heteroatoms. The van der Waals surface area contributed by atoms with Crippen molar-refractivity contribution in [2.75, 3.05) is 26.2 Å². The van der Waals surface area contributed by atoms with Gasteiger partial charge in [-0.2, -0.15) is 5.10 Å². The van der Waals surface area contributed by atoms with E-state index in [2.05, 4.69) is 37.1 Å². The van der Waals surface area contributed by atoms with Gasteiger partial charge in [0.05, 0.1) is 38.4 Å². The summed E-state index contributed by atoms with van der Waals surface area (Å²) in [7, 11) is 0. The van der Waals surface area contributed by atoms with E-state index in [0.717, 1.165) is 32.7 Å². The maximum Gasteiger partial charge on any atom is 0.103 e. The molecule has 1 saturated heterocycles. The van der Waals surface area contributed by atoms with Crippen LogP contribution in [0.1, 0.15) is 32.6 Å². The first-order valence-corrected chi connectivity index (χ1v) is 9.02. The van der Waals surface area contributed by atoms with Gasteiger partial charge in [0, 0.05) is 16.7 Å². The molecule has 0 amide bonds. The molecule has 3 rings (SSSR count). The summed E-state index contributed by atoms with van der Waals surface area (Å²) in [5, 5.41) is 17.6. The number of piperazine rings is 1. The SMILES string of the molecule is Cc1ccc(C[NH+]2CCN(/N=C/c3ccccc3C(=O)[O-])CC2)c(C)c1. The first-order chi connectivity index (χ1) is 12.5. The molecule has 0 unspecified atom stereocenters. The summed E-state index contributed by atoms with van der Waals surface area (Å²) in [4.78, 5) is 12.7. The van der Waals surface area contributed by atoms with Gasteiger partial charge >= 0.3 is 0 Å². The summed E-state index contributed by atoms with van der Waals surface area (Å²) in [6.07, 6.45) is 1.63. The van der Waals surface area contributed by atoms with Crippen molar-refractivity contribution < 1.29 is 14.8 Å². The average molecular weight is 351 g/mol. The van der Waals surface area contributed by atoms with E-state index >= 15 is 0 Å². The van der Waals surface area contributed by atoms with Crippen LogP contribution in [0.2, 0.25) is 0 Å². The summed E-state index contributed by atoms with van der Waals surface area (Å²) in [6.45, 7) is 9.11. The minimum atomic E-state index is -1.17. The Morgan fingerprint density at radius 3 is 2.62 bits per heavy atom. The molecule has 0 aliphatic carbocycles. The molecule has 0 saturated carbocycles. The third-order valence-electron chi connectivity index (χ3n) is 4.93. The third kappa shape index (κ3) is 4.49. The number of quaternary nitrogens is 1. The fourth-order valence-electron chi connectivity index (χ4n) is 3.36. The van der Waals surface area contributed by atoms with E-state index in [4.69, 9.17) is 0 Å². The van der Waals surface area contributed by atoms with Crippen molar-refractivity contribution >= 4 is 12.2 Å². The molecule has 1 fully saturated rings. The lowest BCUT2D eigenvalue weighted by molar-refractivity contribution is -0.918. The van der Waals surface area contributed by atoms with Crippen LogP contribution in [0.3, 0.4) is 0 Å². The van der Waals surface area contributed by atoms with Crippen molar-refractivity contribution in [2.24, 2.45) is 5.10 Å². The Balaban J connectivity index is 1.56. The van der Waals surface area contributed by atoms with E-state index in [1.165, 1.54) is 16.7 Å². The molecule has 0 radical (unpaired) electrons. The number of rotatable bonds is 5. The second-order valence-corrected chi connectivity index (χ2v) is 6.93.